The van der Waals surface area contributed by atoms with Gasteiger partial charge in [0.1, 0.15) is 6.17 Å². The first-order valence-electron chi connectivity index (χ1n) is 13.5. The Balaban J connectivity index is 1.43. The molecule has 2 aliphatic rings. The fourth-order valence-electron chi connectivity index (χ4n) is 6.86. The summed E-state index contributed by atoms with van der Waals surface area (Å²) in [6.45, 7) is 4.72. The molecule has 3 heteroatoms. The van der Waals surface area contributed by atoms with Crippen molar-refractivity contribution in [3.05, 3.63) is 132 Å². The quantitative estimate of drug-likeness (QED) is 0.253. The average Bonchev–Trinajstić information content (AvgIpc) is 3.40. The molecule has 5 aromatic carbocycles. The molecule has 0 fully saturated rings. The van der Waals surface area contributed by atoms with Crippen LogP contribution in [0, 0.1) is 0 Å². The van der Waals surface area contributed by atoms with E-state index in [0.717, 1.165) is 11.4 Å². The van der Waals surface area contributed by atoms with Gasteiger partial charge in [0.25, 0.3) is 0 Å². The Morgan fingerprint density at radius 3 is 2.11 bits per heavy atom. The van der Waals surface area contributed by atoms with Gasteiger partial charge in [-0.25, -0.2) is 0 Å². The van der Waals surface area contributed by atoms with Crippen LogP contribution in [-0.2, 0) is 5.41 Å². The number of hydrogen-bond donors (Lipinski definition) is 2. The number of anilines is 2. The van der Waals surface area contributed by atoms with Crippen molar-refractivity contribution in [1.29, 1.82) is 0 Å². The van der Waals surface area contributed by atoms with Gasteiger partial charge in [-0.05, 0) is 58.1 Å². The van der Waals surface area contributed by atoms with E-state index in [9.17, 15) is 0 Å². The topological polar surface area (TPSA) is 29.0 Å². The zero-order valence-corrected chi connectivity index (χ0v) is 21.6. The summed E-state index contributed by atoms with van der Waals surface area (Å²) >= 11 is 0. The maximum Gasteiger partial charge on any atom is 0.129 e. The highest BCUT2D eigenvalue weighted by molar-refractivity contribution is 6.10. The predicted molar refractivity (Wildman–Crippen MR) is 159 cm³/mol. The summed E-state index contributed by atoms with van der Waals surface area (Å²) in [5, 5.41) is 10.4. The van der Waals surface area contributed by atoms with E-state index in [-0.39, 0.29) is 17.6 Å². The zero-order valence-electron chi connectivity index (χ0n) is 21.6. The first-order valence-corrected chi connectivity index (χ1v) is 13.5. The number of rotatable bonds is 2. The highest BCUT2D eigenvalue weighted by atomic mass is 15.3. The minimum Gasteiger partial charge on any atom is -0.373 e. The smallest absolute Gasteiger partial charge is 0.129 e. The molecule has 0 saturated heterocycles. The molecule has 2 unspecified atom stereocenters. The summed E-state index contributed by atoms with van der Waals surface area (Å²) in [4.78, 5) is 0. The van der Waals surface area contributed by atoms with Gasteiger partial charge in [0.15, 0.2) is 0 Å². The Kier molecular flexibility index (Phi) is 4.40. The van der Waals surface area contributed by atoms with Crippen LogP contribution in [0.2, 0.25) is 0 Å². The SMILES string of the molecule is CC1(C)c2ccccc2-c2cc3c(cc21)c1ccccc1n3C1Nc2ccccc2NC1c1ccccc1. The number of nitrogens with one attached hydrogen (secondary N) is 2. The Morgan fingerprint density at radius 1 is 0.579 bits per heavy atom. The molecule has 2 heterocycles. The maximum atomic E-state index is 3.94. The molecule has 2 N–H and O–H groups in total. The third kappa shape index (κ3) is 2.90. The molecule has 184 valence electrons. The van der Waals surface area contributed by atoms with Crippen LogP contribution < -0.4 is 10.6 Å². The molecule has 0 bridgehead atoms. The van der Waals surface area contributed by atoms with E-state index in [4.69, 9.17) is 0 Å². The number of benzene rings is 5. The molecule has 6 aromatic rings. The van der Waals surface area contributed by atoms with E-state index in [1.165, 1.54) is 49.6 Å². The molecule has 1 aliphatic carbocycles. The van der Waals surface area contributed by atoms with Crippen molar-refractivity contribution in [1.82, 2.24) is 4.57 Å². The summed E-state index contributed by atoms with van der Waals surface area (Å²) in [6.07, 6.45) is -0.0163. The van der Waals surface area contributed by atoms with Gasteiger partial charge in [-0.1, -0.05) is 98.8 Å². The third-order valence-electron chi connectivity index (χ3n) is 8.71. The molecular weight excluding hydrogens is 462 g/mol. The van der Waals surface area contributed by atoms with E-state index < -0.39 is 0 Å². The van der Waals surface area contributed by atoms with Gasteiger partial charge < -0.3 is 15.2 Å². The molecule has 3 nitrogen and oxygen atoms in total. The van der Waals surface area contributed by atoms with E-state index >= 15 is 0 Å². The molecule has 1 aliphatic heterocycles. The highest BCUT2D eigenvalue weighted by Crippen LogP contribution is 2.51. The van der Waals surface area contributed by atoms with Crippen LogP contribution in [0.3, 0.4) is 0 Å². The van der Waals surface area contributed by atoms with Crippen LogP contribution in [0.5, 0.6) is 0 Å². The molecule has 2 atom stereocenters. The van der Waals surface area contributed by atoms with E-state index in [1.54, 1.807) is 0 Å². The molecule has 0 spiro atoms. The predicted octanol–water partition coefficient (Wildman–Crippen LogP) is 8.88. The summed E-state index contributed by atoms with van der Waals surface area (Å²) in [6, 6.07) is 42.1. The van der Waals surface area contributed by atoms with Crippen LogP contribution in [-0.4, -0.2) is 4.57 Å². The standard InChI is InChI=1S/C35H29N3/c1-35(2)27-16-8-6-14-23(27)25-21-32-26(20-28(25)35)24-15-7-11-19-31(24)38(32)34-33(22-12-4-3-5-13-22)36-29-17-9-10-18-30(29)37-34/h3-21,33-34,36-37H,1-2H3. The van der Waals surface area contributed by atoms with Gasteiger partial charge in [-0.2, -0.15) is 0 Å². The van der Waals surface area contributed by atoms with E-state index in [2.05, 4.69) is 144 Å². The summed E-state index contributed by atoms with van der Waals surface area (Å²) in [5.74, 6) is 0. The Hall–Kier alpha value is -4.50. The molecule has 8 rings (SSSR count). The Morgan fingerprint density at radius 2 is 1.26 bits per heavy atom. The molecular formula is C35H29N3. The lowest BCUT2D eigenvalue weighted by Gasteiger charge is -2.38. The van der Waals surface area contributed by atoms with E-state index in [0.29, 0.717) is 0 Å². The lowest BCUT2D eigenvalue weighted by molar-refractivity contribution is 0.506. The van der Waals surface area contributed by atoms with Crippen LogP contribution >= 0.6 is 0 Å². The molecule has 1 aromatic heterocycles. The van der Waals surface area contributed by atoms with Crippen LogP contribution in [0.4, 0.5) is 11.4 Å². The lowest BCUT2D eigenvalue weighted by Crippen LogP contribution is -2.34. The second kappa shape index (κ2) is 7.75. The fraction of sp³-hybridized carbons (Fsp3) is 0.143. The van der Waals surface area contributed by atoms with E-state index in [1.807, 2.05) is 0 Å². The Labute approximate surface area is 222 Å². The summed E-state index contributed by atoms with van der Waals surface area (Å²) in [5.41, 5.74) is 11.5. The number of hydrogen-bond acceptors (Lipinski definition) is 2. The molecule has 0 amide bonds. The van der Waals surface area contributed by atoms with Gasteiger partial charge in [0.2, 0.25) is 0 Å². The van der Waals surface area contributed by atoms with Crippen LogP contribution in [0.15, 0.2) is 115 Å². The second-order valence-electron chi connectivity index (χ2n) is 11.1. The number of para-hydroxylation sites is 3. The van der Waals surface area contributed by atoms with Crippen LogP contribution in [0.1, 0.15) is 42.7 Å². The summed E-state index contributed by atoms with van der Waals surface area (Å²) in [7, 11) is 0. The molecule has 38 heavy (non-hydrogen) atoms. The summed E-state index contributed by atoms with van der Waals surface area (Å²) < 4.78 is 2.53. The van der Waals surface area contributed by atoms with Gasteiger partial charge in [0, 0.05) is 16.2 Å². The highest BCUT2D eigenvalue weighted by Gasteiger charge is 2.37. The van der Waals surface area contributed by atoms with Crippen molar-refractivity contribution in [3.63, 3.8) is 0 Å². The monoisotopic (exact) mass is 491 g/mol. The maximum absolute atomic E-state index is 3.94. The second-order valence-corrected chi connectivity index (χ2v) is 11.1. The van der Waals surface area contributed by atoms with Crippen molar-refractivity contribution in [2.24, 2.45) is 0 Å². The minimum absolute atomic E-state index is 0.0163. The number of aromatic nitrogens is 1. The number of nitrogens with zero attached hydrogens (tertiary/aromatic N) is 1. The largest absolute Gasteiger partial charge is 0.373 e. The van der Waals surface area contributed by atoms with Crippen molar-refractivity contribution in [3.8, 4) is 11.1 Å². The van der Waals surface area contributed by atoms with Gasteiger partial charge in [-0.15, -0.1) is 0 Å². The van der Waals surface area contributed by atoms with Gasteiger partial charge in [0.05, 0.1) is 28.5 Å². The van der Waals surface area contributed by atoms with Gasteiger partial charge in [-0.3, -0.25) is 0 Å². The zero-order chi connectivity index (χ0) is 25.4. The Bertz CT molecular complexity index is 1860. The average molecular weight is 492 g/mol. The van der Waals surface area contributed by atoms with Crippen molar-refractivity contribution in [2.45, 2.75) is 31.5 Å². The number of fused-ring (bicyclic) bond motifs is 7. The lowest BCUT2D eigenvalue weighted by atomic mass is 9.82. The fourth-order valence-corrected chi connectivity index (χ4v) is 6.86. The van der Waals surface area contributed by atoms with Gasteiger partial charge >= 0.3 is 0 Å². The van der Waals surface area contributed by atoms with Crippen molar-refractivity contribution in [2.75, 3.05) is 10.6 Å². The molecule has 0 saturated carbocycles. The molecule has 0 radical (unpaired) electrons. The third-order valence-corrected chi connectivity index (χ3v) is 8.71. The van der Waals surface area contributed by atoms with Crippen molar-refractivity contribution < 1.29 is 0 Å². The van der Waals surface area contributed by atoms with Crippen molar-refractivity contribution >= 4 is 33.2 Å². The van der Waals surface area contributed by atoms with Crippen LogP contribution in [0.25, 0.3) is 32.9 Å². The first kappa shape index (κ1) is 21.6. The first-order chi connectivity index (χ1) is 18.6. The normalized spacial score (nSPS) is 18.9. The minimum atomic E-state index is -0.0283.